The molecule has 4 heteroatoms. The van der Waals surface area contributed by atoms with Crippen LogP contribution < -0.4 is 0 Å². The number of halogens is 2. The summed E-state index contributed by atoms with van der Waals surface area (Å²) in [5.74, 6) is 0.792. The van der Waals surface area contributed by atoms with E-state index < -0.39 is 0 Å². The standard InChI is InChI=1S/C31H20Cl2N2/c32-23-16-18-25(27(33)19-23)26-17-15-20-9-7-8-14-24(20)28(26)31-34-29(21-10-3-1-4-11-21)30(35-31)22-12-5-2-6-13-22/h1-19H,(H,34,35). The monoisotopic (exact) mass is 490 g/mol. The fourth-order valence-electron chi connectivity index (χ4n) is 4.57. The van der Waals surface area contributed by atoms with Crippen LogP contribution in [0.5, 0.6) is 0 Å². The SMILES string of the molecule is Clc1ccc(-c2ccc3ccccc3c2-c2nc(-c3ccccc3)c(-c3ccccc3)[nH]2)c(Cl)c1. The summed E-state index contributed by atoms with van der Waals surface area (Å²) in [6.07, 6.45) is 0. The van der Waals surface area contributed by atoms with Crippen LogP contribution in [-0.4, -0.2) is 9.97 Å². The third-order valence-electron chi connectivity index (χ3n) is 6.20. The molecule has 0 aliphatic heterocycles. The Kier molecular flexibility index (Phi) is 5.61. The Labute approximate surface area is 213 Å². The van der Waals surface area contributed by atoms with Crippen molar-refractivity contribution in [3.63, 3.8) is 0 Å². The maximum Gasteiger partial charge on any atom is 0.139 e. The smallest absolute Gasteiger partial charge is 0.139 e. The highest BCUT2D eigenvalue weighted by Gasteiger charge is 2.20. The highest BCUT2D eigenvalue weighted by molar-refractivity contribution is 6.36. The number of nitrogens with one attached hydrogen (secondary N) is 1. The number of benzene rings is 5. The summed E-state index contributed by atoms with van der Waals surface area (Å²) < 4.78 is 0. The molecule has 0 saturated carbocycles. The first-order valence-corrected chi connectivity index (χ1v) is 12.1. The third kappa shape index (κ3) is 4.01. The lowest BCUT2D eigenvalue weighted by atomic mass is 9.93. The van der Waals surface area contributed by atoms with Gasteiger partial charge in [-0.25, -0.2) is 4.98 Å². The van der Waals surface area contributed by atoms with E-state index in [4.69, 9.17) is 28.2 Å². The Hall–Kier alpha value is -3.85. The quantitative estimate of drug-likeness (QED) is 0.261. The number of hydrogen-bond acceptors (Lipinski definition) is 1. The first kappa shape index (κ1) is 21.7. The number of hydrogen-bond donors (Lipinski definition) is 1. The van der Waals surface area contributed by atoms with Crippen LogP contribution in [-0.2, 0) is 0 Å². The van der Waals surface area contributed by atoms with Crippen molar-refractivity contribution in [2.24, 2.45) is 0 Å². The fourth-order valence-corrected chi connectivity index (χ4v) is 5.08. The molecule has 0 amide bonds. The van der Waals surface area contributed by atoms with Gasteiger partial charge in [-0.15, -0.1) is 0 Å². The molecule has 168 valence electrons. The van der Waals surface area contributed by atoms with Crippen LogP contribution in [0.3, 0.4) is 0 Å². The van der Waals surface area contributed by atoms with Gasteiger partial charge in [-0.05, 0) is 28.5 Å². The van der Waals surface area contributed by atoms with Crippen molar-refractivity contribution >= 4 is 34.0 Å². The van der Waals surface area contributed by atoms with Gasteiger partial charge < -0.3 is 4.98 Å². The summed E-state index contributed by atoms with van der Waals surface area (Å²) in [5.41, 5.74) is 6.94. The number of imidazole rings is 1. The van der Waals surface area contributed by atoms with Crippen molar-refractivity contribution in [2.75, 3.05) is 0 Å². The maximum absolute atomic E-state index is 6.69. The molecule has 2 nitrogen and oxygen atoms in total. The predicted molar refractivity (Wildman–Crippen MR) is 148 cm³/mol. The third-order valence-corrected chi connectivity index (χ3v) is 6.75. The Bertz CT molecular complexity index is 1600. The average molecular weight is 491 g/mol. The second-order valence-corrected chi connectivity index (χ2v) is 9.22. The first-order chi connectivity index (χ1) is 17.2. The van der Waals surface area contributed by atoms with Crippen LogP contribution in [0, 0.1) is 0 Å². The molecule has 6 rings (SSSR count). The van der Waals surface area contributed by atoms with E-state index in [1.165, 1.54) is 0 Å². The molecule has 0 spiro atoms. The van der Waals surface area contributed by atoms with E-state index in [0.717, 1.165) is 55.8 Å². The van der Waals surface area contributed by atoms with Gasteiger partial charge in [0.1, 0.15) is 5.82 Å². The van der Waals surface area contributed by atoms with Gasteiger partial charge in [0, 0.05) is 32.3 Å². The number of nitrogens with zero attached hydrogens (tertiary/aromatic N) is 1. The van der Waals surface area contributed by atoms with Gasteiger partial charge in [0.15, 0.2) is 0 Å². The number of H-pyrrole nitrogens is 1. The van der Waals surface area contributed by atoms with E-state index in [2.05, 4.69) is 59.6 Å². The molecule has 1 heterocycles. The lowest BCUT2D eigenvalue weighted by Crippen LogP contribution is -1.91. The summed E-state index contributed by atoms with van der Waals surface area (Å²) >= 11 is 12.9. The van der Waals surface area contributed by atoms with Gasteiger partial charge in [0.05, 0.1) is 11.4 Å². The Morgan fingerprint density at radius 3 is 2.00 bits per heavy atom. The molecule has 0 saturated heterocycles. The minimum Gasteiger partial charge on any atom is -0.337 e. The largest absolute Gasteiger partial charge is 0.337 e. The van der Waals surface area contributed by atoms with E-state index in [9.17, 15) is 0 Å². The van der Waals surface area contributed by atoms with Gasteiger partial charge >= 0.3 is 0 Å². The van der Waals surface area contributed by atoms with Crippen LogP contribution >= 0.6 is 23.2 Å². The number of aromatic amines is 1. The number of rotatable bonds is 4. The molecule has 1 aromatic heterocycles. The van der Waals surface area contributed by atoms with Gasteiger partial charge in [-0.1, -0.05) is 126 Å². The van der Waals surface area contributed by atoms with E-state index in [0.29, 0.717) is 10.0 Å². The molecule has 0 unspecified atom stereocenters. The molecule has 0 bridgehead atoms. The molecule has 0 fully saturated rings. The summed E-state index contributed by atoms with van der Waals surface area (Å²) in [6, 6.07) is 38.8. The summed E-state index contributed by atoms with van der Waals surface area (Å²) in [7, 11) is 0. The van der Waals surface area contributed by atoms with Crippen molar-refractivity contribution in [3.05, 3.63) is 125 Å². The van der Waals surface area contributed by atoms with Crippen LogP contribution in [0.2, 0.25) is 10.0 Å². The lowest BCUT2D eigenvalue weighted by Gasteiger charge is -2.13. The predicted octanol–water partition coefficient (Wildman–Crippen LogP) is 9.54. The minimum atomic E-state index is 0.604. The van der Waals surface area contributed by atoms with Crippen LogP contribution in [0.4, 0.5) is 0 Å². The van der Waals surface area contributed by atoms with Crippen molar-refractivity contribution in [2.45, 2.75) is 0 Å². The van der Waals surface area contributed by atoms with Gasteiger partial charge in [0.2, 0.25) is 0 Å². The molecule has 35 heavy (non-hydrogen) atoms. The van der Waals surface area contributed by atoms with E-state index in [1.807, 2.05) is 54.6 Å². The molecule has 0 aliphatic carbocycles. The minimum absolute atomic E-state index is 0.604. The molecule has 6 aromatic rings. The van der Waals surface area contributed by atoms with Crippen molar-refractivity contribution in [1.29, 1.82) is 0 Å². The topological polar surface area (TPSA) is 28.7 Å². The van der Waals surface area contributed by atoms with Crippen molar-refractivity contribution in [3.8, 4) is 45.0 Å². The van der Waals surface area contributed by atoms with Crippen LogP contribution in [0.1, 0.15) is 0 Å². The zero-order chi connectivity index (χ0) is 23.8. The van der Waals surface area contributed by atoms with Crippen LogP contribution in [0.15, 0.2) is 115 Å². The van der Waals surface area contributed by atoms with Gasteiger partial charge in [-0.2, -0.15) is 0 Å². The zero-order valence-corrected chi connectivity index (χ0v) is 20.2. The summed E-state index contributed by atoms with van der Waals surface area (Å²) in [5, 5.41) is 3.45. The Balaban J connectivity index is 1.67. The Morgan fingerprint density at radius 1 is 0.600 bits per heavy atom. The number of aromatic nitrogens is 2. The van der Waals surface area contributed by atoms with Gasteiger partial charge in [-0.3, -0.25) is 0 Å². The fraction of sp³-hybridized carbons (Fsp3) is 0. The molecule has 0 aliphatic rings. The van der Waals surface area contributed by atoms with Crippen molar-refractivity contribution < 1.29 is 0 Å². The van der Waals surface area contributed by atoms with Crippen LogP contribution in [0.25, 0.3) is 55.8 Å². The summed E-state index contributed by atoms with van der Waals surface area (Å²) in [4.78, 5) is 8.85. The zero-order valence-electron chi connectivity index (χ0n) is 18.7. The van der Waals surface area contributed by atoms with E-state index >= 15 is 0 Å². The van der Waals surface area contributed by atoms with E-state index in [1.54, 1.807) is 6.07 Å². The first-order valence-electron chi connectivity index (χ1n) is 11.4. The second-order valence-electron chi connectivity index (χ2n) is 8.37. The second kappa shape index (κ2) is 9.07. The van der Waals surface area contributed by atoms with Crippen molar-refractivity contribution in [1.82, 2.24) is 9.97 Å². The molecule has 1 N–H and O–H groups in total. The highest BCUT2D eigenvalue weighted by atomic mass is 35.5. The molecule has 5 aromatic carbocycles. The maximum atomic E-state index is 6.69. The molecule has 0 radical (unpaired) electrons. The normalized spacial score (nSPS) is 11.1. The summed E-state index contributed by atoms with van der Waals surface area (Å²) in [6.45, 7) is 0. The van der Waals surface area contributed by atoms with E-state index in [-0.39, 0.29) is 0 Å². The number of fused-ring (bicyclic) bond motifs is 1. The highest BCUT2D eigenvalue weighted by Crippen LogP contribution is 2.42. The Morgan fingerprint density at radius 2 is 1.26 bits per heavy atom. The molecule has 0 atom stereocenters. The molecular weight excluding hydrogens is 471 g/mol. The molecular formula is C31H20Cl2N2. The van der Waals surface area contributed by atoms with Gasteiger partial charge in [0.25, 0.3) is 0 Å². The lowest BCUT2D eigenvalue weighted by molar-refractivity contribution is 1.32. The average Bonchev–Trinajstić information content (AvgIpc) is 3.34.